The minimum absolute atomic E-state index is 0.0319. The minimum atomic E-state index is -1.32. The van der Waals surface area contributed by atoms with Crippen LogP contribution < -0.4 is 10.6 Å². The van der Waals surface area contributed by atoms with Gasteiger partial charge in [0.25, 0.3) is 0 Å². The van der Waals surface area contributed by atoms with E-state index in [1.165, 1.54) is 0 Å². The first-order valence-electron chi connectivity index (χ1n) is 16.8. The molecule has 51 heavy (non-hydrogen) atoms. The van der Waals surface area contributed by atoms with Gasteiger partial charge in [-0.1, -0.05) is 97.1 Å². The molecule has 2 amide bonds. The molecule has 2 aliphatic carbocycles. The van der Waals surface area contributed by atoms with Crippen LogP contribution in [-0.2, 0) is 23.8 Å². The molecule has 4 aromatic carbocycles. The van der Waals surface area contributed by atoms with Gasteiger partial charge in [0, 0.05) is 23.3 Å². The number of benzene rings is 4. The van der Waals surface area contributed by atoms with Crippen molar-refractivity contribution >= 4 is 35.9 Å². The van der Waals surface area contributed by atoms with E-state index in [-0.39, 0.29) is 36.6 Å². The van der Waals surface area contributed by atoms with Crippen LogP contribution in [-0.4, -0.2) is 71.6 Å². The molecule has 6 rings (SSSR count). The van der Waals surface area contributed by atoms with E-state index in [0.717, 1.165) is 56.3 Å². The van der Waals surface area contributed by atoms with E-state index in [4.69, 9.17) is 14.2 Å². The summed E-state index contributed by atoms with van der Waals surface area (Å²) < 4.78 is 16.7. The molecule has 0 bridgehead atoms. The fraction of sp³-hybridized carbons (Fsp3) is 0.300. The highest BCUT2D eigenvalue weighted by Gasteiger charge is 2.33. The number of nitrogens with one attached hydrogen (secondary N) is 2. The number of thioether (sulfide) groups is 1. The number of hydrogen-bond acceptors (Lipinski definition) is 8. The van der Waals surface area contributed by atoms with Crippen LogP contribution in [0.2, 0.25) is 0 Å². The summed E-state index contributed by atoms with van der Waals surface area (Å²) >= 11 is 1.06. The molecule has 11 heteroatoms. The van der Waals surface area contributed by atoms with Gasteiger partial charge in [0.2, 0.25) is 0 Å². The van der Waals surface area contributed by atoms with Gasteiger partial charge in [-0.2, -0.15) is 11.8 Å². The highest BCUT2D eigenvalue weighted by molar-refractivity contribution is 7.99. The van der Waals surface area contributed by atoms with Crippen molar-refractivity contribution in [2.45, 2.75) is 50.3 Å². The lowest BCUT2D eigenvalue weighted by Gasteiger charge is -2.25. The number of ether oxygens (including phenoxy) is 3. The second-order valence-corrected chi connectivity index (χ2v) is 14.5. The Morgan fingerprint density at radius 1 is 0.627 bits per heavy atom. The largest absolute Gasteiger partial charge is 0.480 e. The predicted octanol–water partition coefficient (Wildman–Crippen LogP) is 6.96. The molecule has 4 aromatic rings. The summed E-state index contributed by atoms with van der Waals surface area (Å²) in [5, 5.41) is 14.9. The molecule has 2 aliphatic rings. The van der Waals surface area contributed by atoms with E-state index >= 15 is 0 Å². The quantitative estimate of drug-likeness (QED) is 0.105. The minimum Gasteiger partial charge on any atom is -0.480 e. The van der Waals surface area contributed by atoms with Crippen molar-refractivity contribution in [2.75, 3.05) is 24.7 Å². The molecule has 264 valence electrons. The SMILES string of the molecule is CC(C)(C)OC(=O)[C@H](CSC[C@H](NC(=O)OCC1c2ccccc2-c2ccccc21)C(=O)O)NC(=O)OCC1c2ccccc2-c2ccccc21. The summed E-state index contributed by atoms with van der Waals surface area (Å²) in [5.74, 6) is -2.45. The second kappa shape index (κ2) is 15.3. The smallest absolute Gasteiger partial charge is 0.407 e. The molecule has 0 fully saturated rings. The highest BCUT2D eigenvalue weighted by atomic mass is 32.2. The van der Waals surface area contributed by atoms with Crippen molar-refractivity contribution in [3.63, 3.8) is 0 Å². The fourth-order valence-electron chi connectivity index (χ4n) is 6.58. The van der Waals surface area contributed by atoms with Crippen LogP contribution in [0.25, 0.3) is 22.3 Å². The van der Waals surface area contributed by atoms with Crippen molar-refractivity contribution in [1.82, 2.24) is 10.6 Å². The van der Waals surface area contributed by atoms with Gasteiger partial charge in [-0.05, 0) is 65.3 Å². The normalized spacial score (nSPS) is 14.3. The molecule has 0 radical (unpaired) electrons. The molecule has 10 nitrogen and oxygen atoms in total. The Kier molecular flexibility index (Phi) is 10.7. The number of carbonyl (C=O) groups is 4. The third-order valence-corrected chi connectivity index (χ3v) is 9.97. The summed E-state index contributed by atoms with van der Waals surface area (Å²) in [5.41, 5.74) is 7.67. The summed E-state index contributed by atoms with van der Waals surface area (Å²) in [6.45, 7) is 5.22. The number of carbonyl (C=O) groups excluding carboxylic acids is 3. The molecule has 0 spiro atoms. The molecule has 0 heterocycles. The molecule has 0 aromatic heterocycles. The number of carboxylic acids is 1. The lowest BCUT2D eigenvalue weighted by molar-refractivity contribution is -0.156. The van der Waals surface area contributed by atoms with Crippen LogP contribution in [0, 0.1) is 0 Å². The van der Waals surface area contributed by atoms with Crippen LogP contribution in [0.1, 0.15) is 54.9 Å². The van der Waals surface area contributed by atoms with E-state index in [1.54, 1.807) is 20.8 Å². The van der Waals surface area contributed by atoms with Crippen LogP contribution >= 0.6 is 11.8 Å². The van der Waals surface area contributed by atoms with Crippen molar-refractivity contribution in [1.29, 1.82) is 0 Å². The van der Waals surface area contributed by atoms with Crippen molar-refractivity contribution in [3.8, 4) is 22.3 Å². The van der Waals surface area contributed by atoms with Crippen LogP contribution in [0.15, 0.2) is 97.1 Å². The van der Waals surface area contributed by atoms with Crippen molar-refractivity contribution in [3.05, 3.63) is 119 Å². The van der Waals surface area contributed by atoms with E-state index in [9.17, 15) is 24.3 Å². The van der Waals surface area contributed by atoms with Gasteiger partial charge in [0.1, 0.15) is 30.9 Å². The number of amides is 2. The first-order valence-corrected chi connectivity index (χ1v) is 17.9. The fourth-order valence-corrected chi connectivity index (χ4v) is 7.64. The standard InChI is InChI=1S/C40H40N2O8S/c1-40(2,3)50-37(45)35(42-39(47)49-21-33-30-18-10-6-14-26(30)27-15-7-11-19-31(27)33)23-51-22-34(36(43)44)41-38(46)48-20-32-28-16-8-4-12-24(28)25-13-5-9-17-29(25)32/h4-19,32-35H,20-23H2,1-3H3,(H,41,46)(H,42,47)(H,43,44)/t34-,35-/m0/s1. The maximum absolute atomic E-state index is 13.1. The Hall–Kier alpha value is -5.29. The highest BCUT2D eigenvalue weighted by Crippen LogP contribution is 2.45. The van der Waals surface area contributed by atoms with Crippen molar-refractivity contribution in [2.24, 2.45) is 0 Å². The topological polar surface area (TPSA) is 140 Å². The third kappa shape index (κ3) is 8.20. The zero-order chi connectivity index (χ0) is 36.1. The molecule has 3 N–H and O–H groups in total. The Labute approximate surface area is 300 Å². The lowest BCUT2D eigenvalue weighted by Crippen LogP contribution is -2.47. The van der Waals surface area contributed by atoms with Gasteiger partial charge in [-0.15, -0.1) is 0 Å². The maximum atomic E-state index is 13.1. The zero-order valence-corrected chi connectivity index (χ0v) is 29.4. The third-order valence-electron chi connectivity index (χ3n) is 8.83. The molecule has 0 aliphatic heterocycles. The molecular formula is C40H40N2O8S. The predicted molar refractivity (Wildman–Crippen MR) is 195 cm³/mol. The summed E-state index contributed by atoms with van der Waals surface area (Å²) in [7, 11) is 0. The van der Waals surface area contributed by atoms with E-state index < -0.39 is 41.8 Å². The summed E-state index contributed by atoms with van der Waals surface area (Å²) in [6.07, 6.45) is -1.68. The average molecular weight is 709 g/mol. The van der Waals surface area contributed by atoms with Gasteiger partial charge < -0.3 is 30.0 Å². The van der Waals surface area contributed by atoms with Crippen LogP contribution in [0.5, 0.6) is 0 Å². The molecule has 0 saturated carbocycles. The van der Waals surface area contributed by atoms with E-state index in [2.05, 4.69) is 10.6 Å². The van der Waals surface area contributed by atoms with Crippen LogP contribution in [0.3, 0.4) is 0 Å². The monoisotopic (exact) mass is 708 g/mol. The first-order chi connectivity index (χ1) is 24.5. The Morgan fingerprint density at radius 3 is 1.35 bits per heavy atom. The Morgan fingerprint density at radius 2 is 0.980 bits per heavy atom. The zero-order valence-electron chi connectivity index (χ0n) is 28.6. The second-order valence-electron chi connectivity index (χ2n) is 13.5. The Bertz CT molecular complexity index is 1850. The van der Waals surface area contributed by atoms with Crippen LogP contribution in [0.4, 0.5) is 9.59 Å². The summed E-state index contributed by atoms with van der Waals surface area (Å²) in [6, 6.07) is 29.3. The van der Waals surface area contributed by atoms with Gasteiger partial charge in [0.15, 0.2) is 0 Å². The van der Waals surface area contributed by atoms with Gasteiger partial charge in [-0.25, -0.2) is 19.2 Å². The van der Waals surface area contributed by atoms with Gasteiger partial charge in [-0.3, -0.25) is 0 Å². The lowest BCUT2D eigenvalue weighted by atomic mass is 9.98. The number of rotatable bonds is 12. The number of carboxylic acid groups (broad SMARTS) is 1. The van der Waals surface area contributed by atoms with Gasteiger partial charge >= 0.3 is 24.1 Å². The molecule has 2 atom stereocenters. The molecular weight excluding hydrogens is 669 g/mol. The summed E-state index contributed by atoms with van der Waals surface area (Å²) in [4.78, 5) is 51.2. The number of hydrogen-bond donors (Lipinski definition) is 3. The average Bonchev–Trinajstić information content (AvgIpc) is 3.60. The molecule has 0 saturated heterocycles. The maximum Gasteiger partial charge on any atom is 0.407 e. The van der Waals surface area contributed by atoms with E-state index in [1.807, 2.05) is 97.1 Å². The Balaban J connectivity index is 1.04. The molecule has 0 unspecified atom stereocenters. The number of esters is 1. The first kappa shape index (κ1) is 35.5. The van der Waals surface area contributed by atoms with E-state index in [0.29, 0.717) is 0 Å². The number of fused-ring (bicyclic) bond motifs is 6. The number of alkyl carbamates (subject to hydrolysis) is 2. The van der Waals surface area contributed by atoms with Crippen molar-refractivity contribution < 1.29 is 38.5 Å². The van der Waals surface area contributed by atoms with Gasteiger partial charge in [0.05, 0.1) is 0 Å². The number of aliphatic carboxylic acids is 1.